The molecule has 0 aliphatic heterocycles. The fourth-order valence-corrected chi connectivity index (χ4v) is 49.9. The van der Waals surface area contributed by atoms with Crippen molar-refractivity contribution >= 4 is 658 Å². The van der Waals surface area contributed by atoms with Gasteiger partial charge in [0.2, 0.25) is 0 Å². The van der Waals surface area contributed by atoms with Crippen molar-refractivity contribution in [3.8, 4) is 0 Å². The number of hydrogen-bond donors (Lipinski definition) is 2. The molecule has 0 saturated heterocycles. The van der Waals surface area contributed by atoms with Gasteiger partial charge < -0.3 is 36.4 Å². The van der Waals surface area contributed by atoms with Gasteiger partial charge in [-0.25, -0.2) is 0 Å². The molecule has 23 heteroatoms. The first-order chi connectivity index (χ1) is 71.6. The standard InChI is InChI=1S/C31H10N2S3.C30H9N3S3.C30H6O3S3.C30H6S6/c1-2-9-15-8(1)12-5-35-30-19(12)25-21(15)24-18-13(6-34-29(9)18)10-3-32-28-16(10)22(24)26-20-14(7-36-31(20)28)11-4-33-27(30)17(11)23(25)26;1-4-31-25-10(1)13-7-34-29-16(13)19-22(25)20-17-14(8-35-28(17)31)11-3-6-33-27(11)24(20)21-18-15(9-36-30(18)33)12-2-5-32(29)26(12)23(19)21;1-7-10-4-34-29-16(10)22-19-13(7)25(31-1)28-17-11(5-35-28)8-2-33-27-15(8)21(23(17)19)24-18-12(6-36-30(18)27)9-3-32-26(29)14(9)20(22)24;1-7-8-2-32-27-14(8)20-19-13(7)25(31-1)26-15-9(3-33-26)10-4-35-29-17(10)23(21(15)19)24-18-12(6-36-30(18)29)11-5-34-28(27)16(11)22(20)24/h1,3-7,32-33H,2H2;1-9H;2*1-6H. The maximum Gasteiger partial charge on any atom is 0.152 e. The fourth-order valence-electron chi connectivity index (χ4n) is 33.2. The van der Waals surface area contributed by atoms with Crippen LogP contribution in [0, 0.1) is 0 Å². The molecule has 0 fully saturated rings. The van der Waals surface area contributed by atoms with E-state index >= 15 is 0 Å². The Morgan fingerprint density at radius 2 is 0.424 bits per heavy atom. The Kier molecular flexibility index (Phi) is 9.69. The molecule has 0 spiro atoms. The lowest BCUT2D eigenvalue weighted by Gasteiger charge is -2.23. The summed E-state index contributed by atoms with van der Waals surface area (Å²) in [5.74, 6) is 0. The van der Waals surface area contributed by atoms with Crippen molar-refractivity contribution < 1.29 is 13.3 Å². The molecule has 2 N–H and O–H groups in total. The molecular formula is C121H31N5O3S15. The molecule has 0 bridgehead atoms. The Morgan fingerprint density at radius 1 is 0.188 bits per heavy atom. The van der Waals surface area contributed by atoms with Gasteiger partial charge in [0.05, 0.1) is 98.1 Å². The van der Waals surface area contributed by atoms with E-state index in [9.17, 15) is 0 Å². The van der Waals surface area contributed by atoms with E-state index in [4.69, 9.17) is 13.3 Å². The third kappa shape index (κ3) is 6.02. The maximum atomic E-state index is 6.42. The fraction of sp³-hybridized carbons (Fsp3) is 0.00826. The molecule has 51 aromatic rings. The average molecular weight is 2080 g/mol. The molecule has 0 unspecified atom stereocenters. The van der Waals surface area contributed by atoms with E-state index in [1.54, 1.807) is 82.7 Å². The third-order valence-electron chi connectivity index (χ3n) is 37.7. The smallest absolute Gasteiger partial charge is 0.152 e. The van der Waals surface area contributed by atoms with Crippen molar-refractivity contribution in [2.75, 3.05) is 0 Å². The second kappa shape index (κ2) is 20.4. The lowest BCUT2D eigenvalue weighted by Crippen LogP contribution is -2.04. The SMILES string of the molecule is C1=c2c3csc4c5[nH]cc6c7csc8c9[nH]cc%10c%11csc%12c(c2c2c(c%12%11)c(c%109)c(c78)c(c65)c2c34)C1.c1oc2c3scc4c5coc6c7scc8c9coc%10c%11scc%12c1c2c1c(c43)c(c56)c(c87)c(c9%10)c1c%12%11.c1sc2c3c1c1ccn4c5scc6c7ccn8c9scc%10c%11ccn2c%11c2c(c%109)c(c(c65)c(c32)c14)c78.c1sc2c3scc4c5csc6c7scc8c9csc%10c%11scc%12c1c2c1c(c%12%11)c(c9%10)c(c87)c(c56)c1c43. The van der Waals surface area contributed by atoms with Crippen LogP contribution in [0.4, 0.5) is 0 Å². The minimum absolute atomic E-state index is 1.03. The van der Waals surface area contributed by atoms with Crippen LogP contribution in [0.1, 0.15) is 5.56 Å². The highest BCUT2D eigenvalue weighted by Gasteiger charge is 2.43. The second-order valence-electron chi connectivity index (χ2n) is 42.2. The van der Waals surface area contributed by atoms with Gasteiger partial charge in [0.25, 0.3) is 0 Å². The van der Waals surface area contributed by atoms with Gasteiger partial charge in [0, 0.05) is 423 Å². The summed E-state index contributed by atoms with van der Waals surface area (Å²) < 4.78 is 43.9. The highest BCUT2D eigenvalue weighted by atomic mass is 32.2. The van der Waals surface area contributed by atoms with E-state index in [1.165, 1.54) is 427 Å². The molecular weight excluding hydrogens is 2050 g/mol. The van der Waals surface area contributed by atoms with E-state index in [2.05, 4.69) is 159 Å². The second-order valence-corrected chi connectivity index (χ2v) is 55.3. The number of pyridine rings is 3. The highest BCUT2D eigenvalue weighted by Crippen LogP contribution is 2.71. The topological polar surface area (TPSA) is 84.2 Å². The van der Waals surface area contributed by atoms with Crippen LogP contribution in [-0.2, 0) is 6.42 Å². The summed E-state index contributed by atoms with van der Waals surface area (Å²) >= 11 is 28.8. The van der Waals surface area contributed by atoms with E-state index in [-0.39, 0.29) is 0 Å². The van der Waals surface area contributed by atoms with E-state index in [1.807, 2.05) is 155 Å². The largest absolute Gasteiger partial charge is 0.462 e. The number of H-pyrrole nitrogens is 2. The van der Waals surface area contributed by atoms with Crippen LogP contribution >= 0.6 is 170 Å². The molecule has 0 saturated carbocycles. The molecule has 0 atom stereocenters. The average Bonchev–Trinajstić information content (AvgIpc) is 1.48. The van der Waals surface area contributed by atoms with Gasteiger partial charge in [-0.15, -0.1) is 170 Å². The summed E-state index contributed by atoms with van der Waals surface area (Å²) in [4.78, 5) is 11.7. The molecule has 25 aromatic carbocycles. The van der Waals surface area contributed by atoms with Crippen molar-refractivity contribution in [2.24, 2.45) is 0 Å². The number of fused-ring (bicyclic) bond motifs is 24. The van der Waals surface area contributed by atoms with Crippen LogP contribution in [0.5, 0.6) is 0 Å². The molecule has 648 valence electrons. The lowest BCUT2D eigenvalue weighted by molar-refractivity contribution is 0.623. The zero-order valence-corrected chi connectivity index (χ0v) is 84.7. The zero-order chi connectivity index (χ0) is 89.4. The summed E-state index contributed by atoms with van der Waals surface area (Å²) in [6, 6.07) is 7.09. The summed E-state index contributed by atoms with van der Waals surface area (Å²) in [5, 5.41) is 135. The number of aromatic nitrogens is 5. The molecule has 26 heterocycles. The molecule has 26 aromatic heterocycles. The number of thiophene rings is 15. The number of furan rings is 3. The molecule has 144 heavy (non-hydrogen) atoms. The van der Waals surface area contributed by atoms with Crippen LogP contribution in [0.2, 0.25) is 0 Å². The summed E-state index contributed by atoms with van der Waals surface area (Å²) in [7, 11) is 0. The first-order valence-electron chi connectivity index (χ1n) is 48.3. The Labute approximate surface area is 850 Å². The Morgan fingerprint density at radius 3 is 0.771 bits per heavy atom. The monoisotopic (exact) mass is 2080 g/mol. The number of benzene rings is 25. The number of hydrogen-bond acceptors (Lipinski definition) is 18. The van der Waals surface area contributed by atoms with E-state index in [0.29, 0.717) is 0 Å². The minimum Gasteiger partial charge on any atom is -0.462 e. The Bertz CT molecular complexity index is 12200. The van der Waals surface area contributed by atoms with Crippen LogP contribution < -0.4 is 5.22 Å². The highest BCUT2D eigenvalue weighted by molar-refractivity contribution is 7.31. The molecule has 1 aliphatic rings. The summed E-state index contributed by atoms with van der Waals surface area (Å²) in [5.41, 5.74) is 11.5. The number of rotatable bonds is 0. The van der Waals surface area contributed by atoms with Crippen molar-refractivity contribution in [1.82, 2.24) is 23.2 Å². The quantitative estimate of drug-likeness (QED) is 0.117. The number of nitrogens with one attached hydrogen (secondary N) is 2. The first-order valence-corrected chi connectivity index (χ1v) is 61.5. The molecule has 8 nitrogen and oxygen atoms in total. The van der Waals surface area contributed by atoms with Crippen LogP contribution in [-0.4, -0.2) is 23.2 Å². The van der Waals surface area contributed by atoms with Crippen LogP contribution in [0.25, 0.3) is 488 Å². The molecule has 1 aliphatic carbocycles. The van der Waals surface area contributed by atoms with Crippen molar-refractivity contribution in [3.63, 3.8) is 0 Å². The Hall–Kier alpha value is -13.9. The van der Waals surface area contributed by atoms with Gasteiger partial charge >= 0.3 is 0 Å². The number of aromatic amines is 2. The molecule has 0 amide bonds. The van der Waals surface area contributed by atoms with Crippen molar-refractivity contribution in [2.45, 2.75) is 6.42 Å². The lowest BCUT2D eigenvalue weighted by atomic mass is 9.79. The van der Waals surface area contributed by atoms with Crippen LogP contribution in [0.3, 0.4) is 0 Å². The van der Waals surface area contributed by atoms with Gasteiger partial charge in [0.1, 0.15) is 14.5 Å². The van der Waals surface area contributed by atoms with Gasteiger partial charge in [0.15, 0.2) is 16.7 Å². The Balaban J connectivity index is 0.0000000683. The predicted molar refractivity (Wildman–Crippen MR) is 643 cm³/mol. The first kappa shape index (κ1) is 68.4. The van der Waals surface area contributed by atoms with Crippen LogP contribution in [0.15, 0.2) is 162 Å². The van der Waals surface area contributed by atoms with Gasteiger partial charge in [-0.2, -0.15) is 0 Å². The molecule has 0 radical (unpaired) electrons. The summed E-state index contributed by atoms with van der Waals surface area (Å²) in [6.45, 7) is 0. The van der Waals surface area contributed by atoms with Gasteiger partial charge in [-0.05, 0) is 94.6 Å². The van der Waals surface area contributed by atoms with Gasteiger partial charge in [-0.3, -0.25) is 0 Å². The summed E-state index contributed by atoms with van der Waals surface area (Å²) in [6.07, 6.45) is 21.1. The maximum absolute atomic E-state index is 6.42. The number of nitrogens with zero attached hydrogens (tertiary/aromatic N) is 3. The minimum atomic E-state index is 1.03. The zero-order valence-electron chi connectivity index (χ0n) is 72.5. The van der Waals surface area contributed by atoms with E-state index < -0.39 is 0 Å². The van der Waals surface area contributed by atoms with Crippen molar-refractivity contribution in [3.05, 3.63) is 159 Å². The molecule has 52 rings (SSSR count). The normalized spacial score (nSPS) is 14.8. The third-order valence-corrected chi connectivity index (χ3v) is 53.0. The van der Waals surface area contributed by atoms with Gasteiger partial charge in [-0.1, -0.05) is 6.08 Å². The predicted octanol–water partition coefficient (Wildman–Crippen LogP) is 42.7. The van der Waals surface area contributed by atoms with E-state index in [0.717, 1.165) is 23.2 Å². The van der Waals surface area contributed by atoms with Crippen molar-refractivity contribution in [1.29, 1.82) is 0 Å².